The lowest BCUT2D eigenvalue weighted by atomic mass is 10.4. The fourth-order valence-electron chi connectivity index (χ4n) is 1.66. The van der Waals surface area contributed by atoms with Gasteiger partial charge in [-0.25, -0.2) is 14.2 Å². The van der Waals surface area contributed by atoms with Crippen molar-refractivity contribution in [2.75, 3.05) is 5.73 Å². The van der Waals surface area contributed by atoms with E-state index in [1.165, 1.54) is 0 Å². The van der Waals surface area contributed by atoms with Gasteiger partial charge in [0.1, 0.15) is 11.3 Å². The number of hydrogen-bond acceptors (Lipinski definition) is 4. The molecule has 80 valence electrons. The zero-order valence-corrected chi connectivity index (χ0v) is 8.70. The molecule has 2 N–H and O–H groups in total. The smallest absolute Gasteiger partial charge is 0.179 e. The average molecular weight is 214 g/mol. The predicted octanol–water partition coefficient (Wildman–Crippen LogP) is 0.806. The maximum absolute atomic E-state index is 5.58. The molecule has 16 heavy (non-hydrogen) atoms. The minimum atomic E-state index is 0.472. The van der Waals surface area contributed by atoms with Gasteiger partial charge < -0.3 is 5.73 Å². The summed E-state index contributed by atoms with van der Waals surface area (Å²) >= 11 is 0. The van der Waals surface area contributed by atoms with Gasteiger partial charge in [0.25, 0.3) is 0 Å². The quantitative estimate of drug-likeness (QED) is 0.650. The molecule has 0 spiro atoms. The van der Waals surface area contributed by atoms with E-state index in [9.17, 15) is 0 Å². The Bertz CT molecular complexity index is 650. The van der Waals surface area contributed by atoms with Crippen LogP contribution in [0.15, 0.2) is 30.7 Å². The number of anilines is 1. The second kappa shape index (κ2) is 3.06. The largest absolute Gasteiger partial charge is 0.382 e. The molecular formula is C10H10N6. The van der Waals surface area contributed by atoms with Crippen LogP contribution in [0.5, 0.6) is 0 Å². The second-order valence-electron chi connectivity index (χ2n) is 3.55. The standard InChI is InChI=1S/C10H10N6/c1-7-6-8-10(12-3-5-15(8)13-7)16-4-2-9(11)14-16/h2-6H,1H3,(H2,11,14). The van der Waals surface area contributed by atoms with E-state index in [2.05, 4.69) is 15.2 Å². The van der Waals surface area contributed by atoms with Crippen molar-refractivity contribution in [3.05, 3.63) is 36.4 Å². The van der Waals surface area contributed by atoms with Crippen LogP contribution in [0.1, 0.15) is 5.69 Å². The molecule has 0 aliphatic rings. The molecule has 0 fully saturated rings. The van der Waals surface area contributed by atoms with Gasteiger partial charge in [-0.1, -0.05) is 0 Å². The molecule has 6 nitrogen and oxygen atoms in total. The van der Waals surface area contributed by atoms with E-state index in [1.807, 2.05) is 13.0 Å². The van der Waals surface area contributed by atoms with Crippen molar-refractivity contribution in [2.24, 2.45) is 0 Å². The molecule has 3 aromatic heterocycles. The highest BCUT2D eigenvalue weighted by atomic mass is 15.3. The van der Waals surface area contributed by atoms with Crippen molar-refractivity contribution >= 4 is 11.3 Å². The second-order valence-corrected chi connectivity index (χ2v) is 3.55. The van der Waals surface area contributed by atoms with Crippen molar-refractivity contribution in [3.63, 3.8) is 0 Å². The van der Waals surface area contributed by atoms with Gasteiger partial charge in [0.05, 0.1) is 5.69 Å². The zero-order chi connectivity index (χ0) is 11.1. The molecule has 0 bridgehead atoms. The summed E-state index contributed by atoms with van der Waals surface area (Å²) in [6, 6.07) is 3.69. The zero-order valence-electron chi connectivity index (χ0n) is 8.70. The molecule has 0 aromatic carbocycles. The van der Waals surface area contributed by atoms with Gasteiger partial charge in [-0.05, 0) is 13.0 Å². The number of hydrogen-bond donors (Lipinski definition) is 1. The SMILES string of the molecule is Cc1cc2c(-n3ccc(N)n3)nccn2n1. The fourth-order valence-corrected chi connectivity index (χ4v) is 1.66. The molecule has 0 aliphatic carbocycles. The monoisotopic (exact) mass is 214 g/mol. The first kappa shape index (κ1) is 8.90. The van der Waals surface area contributed by atoms with Crippen LogP contribution in [-0.2, 0) is 0 Å². The highest BCUT2D eigenvalue weighted by Crippen LogP contribution is 2.14. The minimum absolute atomic E-state index is 0.472. The molecule has 0 saturated carbocycles. The Morgan fingerprint density at radius 1 is 1.25 bits per heavy atom. The van der Waals surface area contributed by atoms with Crippen LogP contribution >= 0.6 is 0 Å². The molecule has 6 heteroatoms. The van der Waals surface area contributed by atoms with Gasteiger partial charge >= 0.3 is 0 Å². The molecule has 0 radical (unpaired) electrons. The predicted molar refractivity (Wildman–Crippen MR) is 59.3 cm³/mol. The number of nitrogens with zero attached hydrogens (tertiary/aromatic N) is 5. The molecule has 3 aromatic rings. The number of fused-ring (bicyclic) bond motifs is 1. The van der Waals surface area contributed by atoms with Gasteiger partial charge in [-0.15, -0.1) is 5.10 Å². The summed E-state index contributed by atoms with van der Waals surface area (Å²) in [7, 11) is 0. The number of aryl methyl sites for hydroxylation is 1. The van der Waals surface area contributed by atoms with Crippen molar-refractivity contribution in [3.8, 4) is 5.82 Å². The molecule has 3 rings (SSSR count). The van der Waals surface area contributed by atoms with E-state index >= 15 is 0 Å². The van der Waals surface area contributed by atoms with Crippen molar-refractivity contribution in [2.45, 2.75) is 6.92 Å². The van der Waals surface area contributed by atoms with Gasteiger partial charge in [0.2, 0.25) is 0 Å². The van der Waals surface area contributed by atoms with Gasteiger partial charge in [-0.3, -0.25) is 0 Å². The lowest BCUT2D eigenvalue weighted by molar-refractivity contribution is 0.833. The Balaban J connectivity index is 2.30. The average Bonchev–Trinajstić information content (AvgIpc) is 2.82. The molecule has 0 saturated heterocycles. The third-order valence-electron chi connectivity index (χ3n) is 2.32. The van der Waals surface area contributed by atoms with Crippen LogP contribution in [0.2, 0.25) is 0 Å². The first-order valence-corrected chi connectivity index (χ1v) is 4.86. The third-order valence-corrected chi connectivity index (χ3v) is 2.32. The van der Waals surface area contributed by atoms with E-state index in [1.54, 1.807) is 33.9 Å². The Labute approximate surface area is 91.3 Å². The Hall–Kier alpha value is -2.37. The molecule has 0 atom stereocenters. The summed E-state index contributed by atoms with van der Waals surface area (Å²) in [4.78, 5) is 4.29. The van der Waals surface area contributed by atoms with Crippen LogP contribution < -0.4 is 5.73 Å². The lowest BCUT2D eigenvalue weighted by Gasteiger charge is -2.01. The topological polar surface area (TPSA) is 74.0 Å². The molecule has 0 aliphatic heterocycles. The van der Waals surface area contributed by atoms with Crippen LogP contribution in [0.3, 0.4) is 0 Å². The summed E-state index contributed by atoms with van der Waals surface area (Å²) in [6.07, 6.45) is 5.27. The number of nitrogen functional groups attached to an aromatic ring is 1. The van der Waals surface area contributed by atoms with Gasteiger partial charge in [-0.2, -0.15) is 5.10 Å². The Morgan fingerprint density at radius 2 is 2.12 bits per heavy atom. The fraction of sp³-hybridized carbons (Fsp3) is 0.100. The van der Waals surface area contributed by atoms with Crippen molar-refractivity contribution in [1.82, 2.24) is 24.4 Å². The first-order chi connectivity index (χ1) is 7.74. The van der Waals surface area contributed by atoms with Crippen molar-refractivity contribution < 1.29 is 0 Å². The van der Waals surface area contributed by atoms with Crippen LogP contribution in [0, 0.1) is 6.92 Å². The van der Waals surface area contributed by atoms with E-state index in [4.69, 9.17) is 5.73 Å². The van der Waals surface area contributed by atoms with Crippen LogP contribution in [-0.4, -0.2) is 24.4 Å². The highest BCUT2D eigenvalue weighted by molar-refractivity contribution is 5.60. The Morgan fingerprint density at radius 3 is 2.88 bits per heavy atom. The maximum atomic E-state index is 5.58. The Kier molecular flexibility index (Phi) is 1.70. The normalized spacial score (nSPS) is 11.1. The summed E-state index contributed by atoms with van der Waals surface area (Å²) in [5.74, 6) is 1.19. The van der Waals surface area contributed by atoms with Crippen molar-refractivity contribution in [1.29, 1.82) is 0 Å². The van der Waals surface area contributed by atoms with E-state index in [-0.39, 0.29) is 0 Å². The summed E-state index contributed by atoms with van der Waals surface area (Å²) in [6.45, 7) is 1.94. The van der Waals surface area contributed by atoms with Crippen LogP contribution in [0.4, 0.5) is 5.82 Å². The number of rotatable bonds is 1. The molecule has 3 heterocycles. The number of aromatic nitrogens is 5. The van der Waals surface area contributed by atoms with E-state index < -0.39 is 0 Å². The molecular weight excluding hydrogens is 204 g/mol. The summed E-state index contributed by atoms with van der Waals surface area (Å²) in [5.41, 5.74) is 7.43. The summed E-state index contributed by atoms with van der Waals surface area (Å²) in [5, 5.41) is 8.44. The van der Waals surface area contributed by atoms with E-state index in [0.717, 1.165) is 17.0 Å². The molecule has 0 unspecified atom stereocenters. The molecule has 0 amide bonds. The summed E-state index contributed by atoms with van der Waals surface area (Å²) < 4.78 is 3.42. The van der Waals surface area contributed by atoms with Gasteiger partial charge in [0.15, 0.2) is 5.82 Å². The lowest BCUT2D eigenvalue weighted by Crippen LogP contribution is -2.02. The van der Waals surface area contributed by atoms with Gasteiger partial charge in [0, 0.05) is 24.7 Å². The third kappa shape index (κ3) is 1.23. The highest BCUT2D eigenvalue weighted by Gasteiger charge is 2.07. The minimum Gasteiger partial charge on any atom is -0.382 e. The number of nitrogens with two attached hydrogens (primary N) is 1. The first-order valence-electron chi connectivity index (χ1n) is 4.86. The van der Waals surface area contributed by atoms with E-state index in [0.29, 0.717) is 5.82 Å². The maximum Gasteiger partial charge on any atom is 0.179 e. The van der Waals surface area contributed by atoms with Crippen LogP contribution in [0.25, 0.3) is 11.3 Å².